The summed E-state index contributed by atoms with van der Waals surface area (Å²) in [5.74, 6) is 1.15. The van der Waals surface area contributed by atoms with E-state index in [0.717, 1.165) is 31.4 Å². The third kappa shape index (κ3) is 5.01. The Morgan fingerprint density at radius 2 is 1.91 bits per heavy atom. The lowest BCUT2D eigenvalue weighted by Crippen LogP contribution is -2.47. The quantitative estimate of drug-likeness (QED) is 0.414. The fourth-order valence-electron chi connectivity index (χ4n) is 4.36. The zero-order chi connectivity index (χ0) is 24.2. The standard InChI is InChI=1S/C25H26N6O4/c1-17-13-14-21(35-17)24-27-29-30(28-24)16-22(32)31(19-10-3-2-4-11-19)23(20-12-7-15-34-20)25(33)26-18-8-5-6-9-18/h2-4,7,10-15,18,23H,5-6,8-9,16H2,1H3,(H,26,33)/t23-/m1/s1. The number of furan rings is 2. The first-order valence-corrected chi connectivity index (χ1v) is 11.6. The lowest BCUT2D eigenvalue weighted by atomic mass is 10.1. The summed E-state index contributed by atoms with van der Waals surface area (Å²) >= 11 is 0. The van der Waals surface area contributed by atoms with Crippen LogP contribution < -0.4 is 10.2 Å². The first kappa shape index (κ1) is 22.6. The number of anilines is 1. The number of tetrazole rings is 1. The molecule has 1 N–H and O–H groups in total. The molecule has 10 nitrogen and oxygen atoms in total. The van der Waals surface area contributed by atoms with Crippen LogP contribution in [0.15, 0.2) is 69.7 Å². The number of carbonyl (C=O) groups excluding carboxylic acids is 2. The first-order valence-electron chi connectivity index (χ1n) is 11.6. The summed E-state index contributed by atoms with van der Waals surface area (Å²) in [5.41, 5.74) is 0.558. The first-order chi connectivity index (χ1) is 17.1. The topological polar surface area (TPSA) is 119 Å². The second kappa shape index (κ2) is 9.96. The van der Waals surface area contributed by atoms with Gasteiger partial charge in [0, 0.05) is 11.7 Å². The second-order valence-electron chi connectivity index (χ2n) is 8.56. The molecule has 4 aromatic rings. The fraction of sp³-hybridized carbons (Fsp3) is 0.320. The summed E-state index contributed by atoms with van der Waals surface area (Å²) in [4.78, 5) is 29.9. The molecule has 1 aliphatic carbocycles. The highest BCUT2D eigenvalue weighted by atomic mass is 16.3. The van der Waals surface area contributed by atoms with Gasteiger partial charge in [0.25, 0.3) is 11.8 Å². The van der Waals surface area contributed by atoms with E-state index in [-0.39, 0.29) is 24.3 Å². The molecule has 0 saturated heterocycles. The summed E-state index contributed by atoms with van der Waals surface area (Å²) in [6.07, 6.45) is 5.50. The largest absolute Gasteiger partial charge is 0.467 e. The maximum atomic E-state index is 13.7. The summed E-state index contributed by atoms with van der Waals surface area (Å²) < 4.78 is 11.2. The lowest BCUT2D eigenvalue weighted by Gasteiger charge is -2.30. The Labute approximate surface area is 201 Å². The highest BCUT2D eigenvalue weighted by Gasteiger charge is 2.36. The van der Waals surface area contributed by atoms with Gasteiger partial charge in [0.1, 0.15) is 18.1 Å². The molecule has 1 aliphatic rings. The molecule has 0 aliphatic heterocycles. The van der Waals surface area contributed by atoms with Crippen LogP contribution >= 0.6 is 0 Å². The van der Waals surface area contributed by atoms with Crippen LogP contribution in [0.25, 0.3) is 11.6 Å². The fourth-order valence-corrected chi connectivity index (χ4v) is 4.36. The number of aromatic nitrogens is 4. The predicted octanol–water partition coefficient (Wildman–Crippen LogP) is 3.67. The molecule has 3 aromatic heterocycles. The van der Waals surface area contributed by atoms with Gasteiger partial charge >= 0.3 is 0 Å². The smallest absolute Gasteiger partial charge is 0.251 e. The molecule has 2 amide bonds. The number of carbonyl (C=O) groups is 2. The van der Waals surface area contributed by atoms with E-state index < -0.39 is 11.9 Å². The highest BCUT2D eigenvalue weighted by Crippen LogP contribution is 2.30. The summed E-state index contributed by atoms with van der Waals surface area (Å²) in [6, 6.07) is 15.1. The minimum Gasteiger partial charge on any atom is -0.467 e. The van der Waals surface area contributed by atoms with E-state index in [9.17, 15) is 9.59 Å². The Morgan fingerprint density at radius 3 is 2.60 bits per heavy atom. The molecular weight excluding hydrogens is 448 g/mol. The zero-order valence-corrected chi connectivity index (χ0v) is 19.3. The Morgan fingerprint density at radius 1 is 1.11 bits per heavy atom. The molecule has 35 heavy (non-hydrogen) atoms. The molecule has 1 saturated carbocycles. The van der Waals surface area contributed by atoms with Crippen LogP contribution in [0.2, 0.25) is 0 Å². The van der Waals surface area contributed by atoms with Crippen LogP contribution in [0.3, 0.4) is 0 Å². The molecule has 1 atom stereocenters. The van der Waals surface area contributed by atoms with E-state index in [4.69, 9.17) is 8.83 Å². The number of hydrogen-bond acceptors (Lipinski definition) is 7. The third-order valence-corrected chi connectivity index (χ3v) is 6.01. The van der Waals surface area contributed by atoms with Crippen LogP contribution in [0, 0.1) is 6.92 Å². The highest BCUT2D eigenvalue weighted by molar-refractivity contribution is 6.01. The van der Waals surface area contributed by atoms with Crippen molar-refractivity contribution >= 4 is 17.5 Å². The van der Waals surface area contributed by atoms with Crippen molar-refractivity contribution < 1.29 is 18.4 Å². The van der Waals surface area contributed by atoms with E-state index in [2.05, 4.69) is 20.7 Å². The Hall–Kier alpha value is -4.21. The molecule has 0 unspecified atom stereocenters. The minimum atomic E-state index is -0.990. The summed E-state index contributed by atoms with van der Waals surface area (Å²) in [5, 5.41) is 15.4. The van der Waals surface area contributed by atoms with Crippen LogP contribution in [-0.2, 0) is 16.1 Å². The van der Waals surface area contributed by atoms with Gasteiger partial charge in [0.05, 0.1) is 6.26 Å². The van der Waals surface area contributed by atoms with Crippen LogP contribution in [0.5, 0.6) is 0 Å². The molecule has 10 heteroatoms. The van der Waals surface area contributed by atoms with Crippen molar-refractivity contribution in [3.8, 4) is 11.6 Å². The lowest BCUT2D eigenvalue weighted by molar-refractivity contribution is -0.128. The average molecular weight is 475 g/mol. The molecule has 0 bridgehead atoms. The van der Waals surface area contributed by atoms with Crippen molar-refractivity contribution in [2.45, 2.75) is 51.2 Å². The molecule has 0 radical (unpaired) electrons. The molecule has 5 rings (SSSR count). The molecule has 1 fully saturated rings. The zero-order valence-electron chi connectivity index (χ0n) is 19.3. The molecule has 180 valence electrons. The summed E-state index contributed by atoms with van der Waals surface area (Å²) in [7, 11) is 0. The molecule has 0 spiro atoms. The number of nitrogens with one attached hydrogen (secondary N) is 1. The Bertz CT molecular complexity index is 1270. The molecular formula is C25H26N6O4. The van der Waals surface area contributed by atoms with Crippen LogP contribution in [0.1, 0.15) is 43.2 Å². The number of rotatable bonds is 8. The number of hydrogen-bond donors (Lipinski definition) is 1. The van der Waals surface area contributed by atoms with Gasteiger partial charge in [-0.1, -0.05) is 31.0 Å². The van der Waals surface area contributed by atoms with E-state index in [1.54, 1.807) is 36.4 Å². The van der Waals surface area contributed by atoms with Crippen molar-refractivity contribution in [3.05, 3.63) is 72.4 Å². The second-order valence-corrected chi connectivity index (χ2v) is 8.56. The van der Waals surface area contributed by atoms with Crippen molar-refractivity contribution in [1.29, 1.82) is 0 Å². The van der Waals surface area contributed by atoms with Crippen molar-refractivity contribution in [2.24, 2.45) is 0 Å². The Kier molecular flexibility index (Phi) is 6.42. The molecule has 1 aromatic carbocycles. The van der Waals surface area contributed by atoms with Gasteiger partial charge in [-0.2, -0.15) is 4.80 Å². The average Bonchev–Trinajstić information content (AvgIpc) is 3.66. The summed E-state index contributed by atoms with van der Waals surface area (Å²) in [6.45, 7) is 1.59. The van der Waals surface area contributed by atoms with Gasteiger partial charge in [-0.05, 0) is 61.4 Å². The monoisotopic (exact) mass is 474 g/mol. The van der Waals surface area contributed by atoms with E-state index in [0.29, 0.717) is 17.2 Å². The third-order valence-electron chi connectivity index (χ3n) is 6.01. The van der Waals surface area contributed by atoms with Crippen molar-refractivity contribution in [2.75, 3.05) is 4.90 Å². The number of para-hydroxylation sites is 1. The van der Waals surface area contributed by atoms with Gasteiger partial charge in [0.15, 0.2) is 11.8 Å². The van der Waals surface area contributed by atoms with Crippen LogP contribution in [0.4, 0.5) is 5.69 Å². The van der Waals surface area contributed by atoms with Gasteiger partial charge in [0.2, 0.25) is 5.82 Å². The van der Waals surface area contributed by atoms with Crippen LogP contribution in [-0.4, -0.2) is 38.1 Å². The number of benzene rings is 1. The maximum absolute atomic E-state index is 13.7. The number of amides is 2. The van der Waals surface area contributed by atoms with E-state index in [1.165, 1.54) is 16.0 Å². The van der Waals surface area contributed by atoms with Crippen molar-refractivity contribution in [3.63, 3.8) is 0 Å². The van der Waals surface area contributed by atoms with E-state index >= 15 is 0 Å². The van der Waals surface area contributed by atoms with E-state index in [1.807, 2.05) is 25.1 Å². The maximum Gasteiger partial charge on any atom is 0.251 e. The van der Waals surface area contributed by atoms with Gasteiger partial charge in [-0.25, -0.2) is 0 Å². The van der Waals surface area contributed by atoms with Gasteiger partial charge < -0.3 is 14.2 Å². The Balaban J connectivity index is 1.45. The number of nitrogens with zero attached hydrogens (tertiary/aromatic N) is 5. The molecule has 3 heterocycles. The van der Waals surface area contributed by atoms with Gasteiger partial charge in [-0.3, -0.25) is 14.5 Å². The normalized spacial score (nSPS) is 14.7. The minimum absolute atomic E-state index is 0.0870. The number of aryl methyl sites for hydroxylation is 1. The van der Waals surface area contributed by atoms with Gasteiger partial charge in [-0.15, -0.1) is 10.2 Å². The van der Waals surface area contributed by atoms with Crippen molar-refractivity contribution in [1.82, 2.24) is 25.5 Å². The predicted molar refractivity (Wildman–Crippen MR) is 126 cm³/mol. The SMILES string of the molecule is Cc1ccc(-c2nnn(CC(=O)N(c3ccccc3)[C@@H](C(=O)NC3CCCC3)c3ccco3)n2)o1.